The second-order valence-corrected chi connectivity index (χ2v) is 5.99. The first-order valence-corrected chi connectivity index (χ1v) is 7.42. The number of fused-ring (bicyclic) bond motifs is 1. The number of hydrogen-bond acceptors (Lipinski definition) is 7. The van der Waals surface area contributed by atoms with Gasteiger partial charge in [-0.25, -0.2) is 4.79 Å². The summed E-state index contributed by atoms with van der Waals surface area (Å²) in [6.45, 7) is -0.585. The molecule has 4 unspecified atom stereocenters. The fourth-order valence-corrected chi connectivity index (χ4v) is 3.12. The van der Waals surface area contributed by atoms with Crippen molar-refractivity contribution < 1.29 is 25.0 Å². The van der Waals surface area contributed by atoms with Gasteiger partial charge < -0.3 is 20.1 Å². The normalized spacial score (nSPS) is 27.0. The van der Waals surface area contributed by atoms with E-state index in [2.05, 4.69) is 4.98 Å². The van der Waals surface area contributed by atoms with E-state index in [1.807, 2.05) is 0 Å². The molecule has 24 heavy (non-hydrogen) atoms. The lowest BCUT2D eigenvalue weighted by atomic mass is 10.1. The van der Waals surface area contributed by atoms with Gasteiger partial charge >= 0.3 is 11.4 Å². The van der Waals surface area contributed by atoms with Crippen molar-refractivity contribution in [1.82, 2.24) is 9.55 Å². The summed E-state index contributed by atoms with van der Waals surface area (Å²) >= 11 is 11.7. The topological polar surface area (TPSA) is 151 Å². The number of hydrogen-bond donors (Lipinski definition) is 4. The predicted octanol–water partition coefficient (Wildman–Crippen LogP) is 0.156. The largest absolute Gasteiger partial charge is 0.394 e. The Morgan fingerprint density at radius 3 is 2.58 bits per heavy atom. The van der Waals surface area contributed by atoms with Crippen molar-refractivity contribution in [2.45, 2.75) is 24.5 Å². The molecule has 0 saturated carbocycles. The Morgan fingerprint density at radius 1 is 1.38 bits per heavy atom. The molecule has 12 heteroatoms. The maximum atomic E-state index is 12.2. The third-order valence-electron chi connectivity index (χ3n) is 3.84. The summed E-state index contributed by atoms with van der Waals surface area (Å²) in [6, 6.07) is 1.21. The van der Waals surface area contributed by atoms with Gasteiger partial charge in [-0.05, 0) is 6.07 Å². The van der Waals surface area contributed by atoms with Crippen LogP contribution in [0.15, 0.2) is 10.9 Å². The van der Waals surface area contributed by atoms with E-state index in [0.29, 0.717) is 0 Å². The van der Waals surface area contributed by atoms with Gasteiger partial charge in [0.25, 0.3) is 0 Å². The van der Waals surface area contributed by atoms with E-state index in [0.717, 1.165) is 4.57 Å². The van der Waals surface area contributed by atoms with Crippen molar-refractivity contribution >= 4 is 39.9 Å². The summed E-state index contributed by atoms with van der Waals surface area (Å²) in [4.78, 5) is 24.9. The van der Waals surface area contributed by atoms with E-state index in [9.17, 15) is 25.1 Å². The molecule has 0 amide bonds. The number of aromatic nitrogens is 2. The molecular weight excluding hydrogens is 369 g/mol. The number of aromatic amines is 1. The fraction of sp³-hybridized carbons (Fsp3) is 0.417. The molecule has 1 aliphatic heterocycles. The number of H-pyrrole nitrogens is 1. The Bertz CT molecular complexity index is 880. The minimum absolute atomic E-state index is 0.0315. The minimum atomic E-state index is -1.53. The van der Waals surface area contributed by atoms with Crippen LogP contribution in [0.1, 0.15) is 6.23 Å². The number of imidazole rings is 1. The first-order chi connectivity index (χ1) is 11.3. The zero-order valence-corrected chi connectivity index (χ0v) is 13.2. The van der Waals surface area contributed by atoms with Crippen LogP contribution in [-0.4, -0.2) is 54.7 Å². The number of nitro groups is 1. The molecule has 1 aromatic carbocycles. The van der Waals surface area contributed by atoms with Crippen molar-refractivity contribution in [1.29, 1.82) is 0 Å². The summed E-state index contributed by atoms with van der Waals surface area (Å²) in [5.74, 6) is 0. The molecule has 130 valence electrons. The van der Waals surface area contributed by atoms with Crippen LogP contribution < -0.4 is 5.69 Å². The number of ether oxygens (including phenoxy) is 1. The quantitative estimate of drug-likeness (QED) is 0.437. The van der Waals surface area contributed by atoms with Gasteiger partial charge in [0.05, 0.1) is 22.1 Å². The van der Waals surface area contributed by atoms with Gasteiger partial charge in [0.1, 0.15) is 28.9 Å². The molecular formula is C12H11Cl2N3O7. The van der Waals surface area contributed by atoms with Crippen LogP contribution in [0.2, 0.25) is 10.0 Å². The average molecular weight is 380 g/mol. The Kier molecular flexibility index (Phi) is 4.28. The molecule has 4 atom stereocenters. The smallest absolute Gasteiger partial charge is 0.328 e. The monoisotopic (exact) mass is 379 g/mol. The number of nitrogens with one attached hydrogen (secondary N) is 1. The third kappa shape index (κ3) is 2.39. The molecule has 0 spiro atoms. The summed E-state index contributed by atoms with van der Waals surface area (Å²) in [5, 5.41) is 39.7. The van der Waals surface area contributed by atoms with Gasteiger partial charge in [-0.1, -0.05) is 23.2 Å². The highest BCUT2D eigenvalue weighted by molar-refractivity contribution is 6.44. The van der Waals surface area contributed by atoms with Gasteiger partial charge in [0.15, 0.2) is 6.23 Å². The van der Waals surface area contributed by atoms with E-state index in [1.165, 1.54) is 6.07 Å². The van der Waals surface area contributed by atoms with E-state index < -0.39 is 47.4 Å². The van der Waals surface area contributed by atoms with Gasteiger partial charge in [-0.15, -0.1) is 0 Å². The molecule has 1 aliphatic rings. The molecule has 2 aromatic rings. The Morgan fingerprint density at radius 2 is 2.04 bits per heavy atom. The standard InChI is InChI=1S/C12H11Cl2N3O7/c13-3-1-4-7(8(6(3)14)17(22)23)15-12(21)16(4)11-10(20)9(19)5(2-18)24-11/h1,5,9-11,18-20H,2H2,(H,15,21). The van der Waals surface area contributed by atoms with Crippen molar-refractivity contribution in [2.24, 2.45) is 0 Å². The fourth-order valence-electron chi connectivity index (χ4n) is 2.71. The van der Waals surface area contributed by atoms with Crippen molar-refractivity contribution in [3.8, 4) is 0 Å². The van der Waals surface area contributed by atoms with E-state index in [-0.39, 0.29) is 21.1 Å². The maximum absolute atomic E-state index is 12.2. The zero-order chi connectivity index (χ0) is 17.8. The number of benzene rings is 1. The van der Waals surface area contributed by atoms with E-state index in [4.69, 9.17) is 33.0 Å². The average Bonchev–Trinajstić information content (AvgIpc) is 2.97. The molecule has 1 fully saturated rings. The van der Waals surface area contributed by atoms with Crippen LogP contribution in [0, 0.1) is 10.1 Å². The molecule has 3 rings (SSSR count). The van der Waals surface area contributed by atoms with Crippen molar-refractivity contribution in [2.75, 3.05) is 6.61 Å². The van der Waals surface area contributed by atoms with Crippen LogP contribution in [-0.2, 0) is 4.74 Å². The Hall–Kier alpha value is -1.69. The summed E-state index contributed by atoms with van der Waals surface area (Å²) in [6.07, 6.45) is -5.45. The van der Waals surface area contributed by atoms with Crippen LogP contribution in [0.4, 0.5) is 5.69 Å². The molecule has 10 nitrogen and oxygen atoms in total. The van der Waals surface area contributed by atoms with Gasteiger partial charge in [-0.2, -0.15) is 0 Å². The number of rotatable bonds is 3. The second-order valence-electron chi connectivity index (χ2n) is 5.20. The van der Waals surface area contributed by atoms with Crippen molar-refractivity contribution in [3.05, 3.63) is 36.7 Å². The van der Waals surface area contributed by atoms with Gasteiger partial charge in [0.2, 0.25) is 0 Å². The summed E-state index contributed by atoms with van der Waals surface area (Å²) in [5.41, 5.74) is -1.66. The highest BCUT2D eigenvalue weighted by Gasteiger charge is 2.45. The SMILES string of the molecule is O=c1[nH]c2c([N+](=O)[O-])c(Cl)c(Cl)cc2n1C1OC(CO)C(O)C1O. The van der Waals surface area contributed by atoms with Crippen LogP contribution in [0.3, 0.4) is 0 Å². The predicted molar refractivity (Wildman–Crippen MR) is 82.2 cm³/mol. The minimum Gasteiger partial charge on any atom is -0.394 e. The van der Waals surface area contributed by atoms with E-state index >= 15 is 0 Å². The number of nitro benzene ring substituents is 1. The number of halogens is 2. The van der Waals surface area contributed by atoms with Crippen LogP contribution in [0.25, 0.3) is 11.0 Å². The number of aliphatic hydroxyl groups excluding tert-OH is 3. The highest BCUT2D eigenvalue weighted by atomic mass is 35.5. The first-order valence-electron chi connectivity index (χ1n) is 6.67. The lowest BCUT2D eigenvalue weighted by Gasteiger charge is -2.16. The highest BCUT2D eigenvalue weighted by Crippen LogP contribution is 2.39. The van der Waals surface area contributed by atoms with Crippen molar-refractivity contribution in [3.63, 3.8) is 0 Å². The Labute approximate surface area is 142 Å². The van der Waals surface area contributed by atoms with Crippen LogP contribution in [0.5, 0.6) is 0 Å². The molecule has 1 saturated heterocycles. The molecule has 0 aliphatic carbocycles. The zero-order valence-electron chi connectivity index (χ0n) is 11.7. The van der Waals surface area contributed by atoms with Gasteiger partial charge in [-0.3, -0.25) is 19.7 Å². The summed E-state index contributed by atoms with van der Waals surface area (Å²) < 4.78 is 6.17. The van der Waals surface area contributed by atoms with Gasteiger partial charge in [0, 0.05) is 0 Å². The number of nitrogens with zero attached hydrogens (tertiary/aromatic N) is 2. The first kappa shape index (κ1) is 17.1. The third-order valence-corrected chi connectivity index (χ3v) is 4.62. The second kappa shape index (κ2) is 5.99. The number of aliphatic hydroxyl groups is 3. The lowest BCUT2D eigenvalue weighted by molar-refractivity contribution is -0.383. The maximum Gasteiger partial charge on any atom is 0.328 e. The van der Waals surface area contributed by atoms with E-state index in [1.54, 1.807) is 0 Å². The van der Waals surface area contributed by atoms with Crippen LogP contribution >= 0.6 is 23.2 Å². The Balaban J connectivity index is 2.26. The molecule has 4 N–H and O–H groups in total. The molecule has 2 heterocycles. The molecule has 1 aromatic heterocycles. The lowest BCUT2D eigenvalue weighted by Crippen LogP contribution is -2.34. The molecule has 0 radical (unpaired) electrons. The summed E-state index contributed by atoms with van der Waals surface area (Å²) in [7, 11) is 0. The molecule has 0 bridgehead atoms.